The highest BCUT2D eigenvalue weighted by Gasteiger charge is 2.46. The van der Waals surface area contributed by atoms with Gasteiger partial charge in [-0.1, -0.05) is 24.3 Å². The van der Waals surface area contributed by atoms with E-state index < -0.39 is 15.5 Å². The SMILES string of the molecule is O=S(=O)(Nc1ccccc1C1=CCCCC1)C(F)(F)F. The highest BCUT2D eigenvalue weighted by atomic mass is 32.2. The van der Waals surface area contributed by atoms with Crippen molar-refractivity contribution in [3.8, 4) is 0 Å². The molecule has 0 heterocycles. The van der Waals surface area contributed by atoms with Crippen LogP contribution in [0.3, 0.4) is 0 Å². The van der Waals surface area contributed by atoms with E-state index in [0.717, 1.165) is 31.3 Å². The highest BCUT2D eigenvalue weighted by Crippen LogP contribution is 2.33. The van der Waals surface area contributed by atoms with E-state index in [9.17, 15) is 21.6 Å². The lowest BCUT2D eigenvalue weighted by atomic mass is 9.93. The molecular weight excluding hydrogens is 291 g/mol. The molecule has 0 fully saturated rings. The van der Waals surface area contributed by atoms with E-state index >= 15 is 0 Å². The van der Waals surface area contributed by atoms with E-state index in [4.69, 9.17) is 0 Å². The lowest BCUT2D eigenvalue weighted by Crippen LogP contribution is -2.30. The second kappa shape index (κ2) is 5.47. The van der Waals surface area contributed by atoms with Crippen LogP contribution in [0.15, 0.2) is 30.3 Å². The third kappa shape index (κ3) is 3.15. The first-order valence-corrected chi connectivity index (χ1v) is 7.67. The van der Waals surface area contributed by atoms with Crippen LogP contribution >= 0.6 is 0 Å². The molecule has 0 bridgehead atoms. The molecule has 0 aromatic heterocycles. The van der Waals surface area contributed by atoms with Crippen LogP contribution in [0.5, 0.6) is 0 Å². The number of benzene rings is 1. The van der Waals surface area contributed by atoms with Crippen LogP contribution in [0.1, 0.15) is 31.2 Å². The molecule has 0 atom stereocenters. The van der Waals surface area contributed by atoms with Gasteiger partial charge in [0.25, 0.3) is 0 Å². The Morgan fingerprint density at radius 3 is 2.40 bits per heavy atom. The average Bonchev–Trinajstić information content (AvgIpc) is 2.38. The van der Waals surface area contributed by atoms with E-state index in [1.54, 1.807) is 16.9 Å². The number of sulfonamides is 1. The van der Waals surface area contributed by atoms with Gasteiger partial charge in [0, 0.05) is 5.56 Å². The van der Waals surface area contributed by atoms with Crippen LogP contribution < -0.4 is 4.72 Å². The summed E-state index contributed by atoms with van der Waals surface area (Å²) in [7, 11) is -5.39. The van der Waals surface area contributed by atoms with Crippen molar-refractivity contribution in [2.24, 2.45) is 0 Å². The van der Waals surface area contributed by atoms with Gasteiger partial charge in [-0.25, -0.2) is 0 Å². The molecular formula is C13H14F3NO2S. The third-order valence-corrected chi connectivity index (χ3v) is 4.21. The number of rotatable bonds is 3. The van der Waals surface area contributed by atoms with Gasteiger partial charge in [0.2, 0.25) is 0 Å². The number of alkyl halides is 3. The number of hydrogen-bond acceptors (Lipinski definition) is 2. The van der Waals surface area contributed by atoms with Gasteiger partial charge in [-0.15, -0.1) is 0 Å². The Morgan fingerprint density at radius 2 is 1.80 bits per heavy atom. The smallest absolute Gasteiger partial charge is 0.275 e. The first-order valence-electron chi connectivity index (χ1n) is 6.19. The van der Waals surface area contributed by atoms with Crippen molar-refractivity contribution in [3.63, 3.8) is 0 Å². The number of allylic oxidation sites excluding steroid dienone is 2. The summed E-state index contributed by atoms with van der Waals surface area (Å²) >= 11 is 0. The zero-order valence-corrected chi connectivity index (χ0v) is 11.4. The third-order valence-electron chi connectivity index (χ3n) is 3.11. The van der Waals surface area contributed by atoms with E-state index in [1.807, 2.05) is 6.08 Å². The molecule has 1 N–H and O–H groups in total. The Hall–Kier alpha value is -1.50. The molecule has 1 aliphatic carbocycles. The topological polar surface area (TPSA) is 46.2 Å². The summed E-state index contributed by atoms with van der Waals surface area (Å²) in [5.41, 5.74) is -3.95. The summed E-state index contributed by atoms with van der Waals surface area (Å²) in [6.07, 6.45) is 5.54. The van der Waals surface area contributed by atoms with Crippen LogP contribution in [0, 0.1) is 0 Å². The van der Waals surface area contributed by atoms with Gasteiger partial charge in [0.1, 0.15) is 0 Å². The predicted molar refractivity (Wildman–Crippen MR) is 71.5 cm³/mol. The first kappa shape index (κ1) is 14.9. The zero-order chi connectivity index (χ0) is 14.8. The quantitative estimate of drug-likeness (QED) is 0.920. The lowest BCUT2D eigenvalue weighted by Gasteiger charge is -2.18. The molecule has 0 radical (unpaired) electrons. The van der Waals surface area contributed by atoms with E-state index in [1.165, 1.54) is 12.1 Å². The molecule has 1 aromatic carbocycles. The molecule has 0 unspecified atom stereocenters. The molecule has 0 amide bonds. The molecule has 110 valence electrons. The van der Waals surface area contributed by atoms with Crippen LogP contribution in [0.2, 0.25) is 0 Å². The summed E-state index contributed by atoms with van der Waals surface area (Å²) in [5.74, 6) is 0. The van der Waals surface area contributed by atoms with Crippen LogP contribution in [-0.4, -0.2) is 13.9 Å². The van der Waals surface area contributed by atoms with Crippen LogP contribution in [0.25, 0.3) is 5.57 Å². The number of halogens is 3. The Balaban J connectivity index is 2.37. The van der Waals surface area contributed by atoms with Gasteiger partial charge < -0.3 is 0 Å². The van der Waals surface area contributed by atoms with Gasteiger partial charge in [0.15, 0.2) is 0 Å². The van der Waals surface area contributed by atoms with Crippen LogP contribution in [0.4, 0.5) is 18.9 Å². The van der Waals surface area contributed by atoms with Crippen molar-refractivity contribution in [2.45, 2.75) is 31.2 Å². The Bertz CT molecular complexity index is 621. The minimum absolute atomic E-state index is 0.0297. The van der Waals surface area contributed by atoms with Crippen molar-refractivity contribution in [3.05, 3.63) is 35.9 Å². The van der Waals surface area contributed by atoms with Gasteiger partial charge in [0.05, 0.1) is 5.69 Å². The largest absolute Gasteiger partial charge is 0.516 e. The Kier molecular flexibility index (Phi) is 4.08. The second-order valence-corrected chi connectivity index (χ2v) is 6.25. The van der Waals surface area contributed by atoms with Gasteiger partial charge >= 0.3 is 15.5 Å². The minimum Gasteiger partial charge on any atom is -0.275 e. The monoisotopic (exact) mass is 305 g/mol. The molecule has 0 saturated heterocycles. The molecule has 0 aliphatic heterocycles. The summed E-state index contributed by atoms with van der Waals surface area (Å²) in [6, 6.07) is 6.15. The summed E-state index contributed by atoms with van der Waals surface area (Å²) < 4.78 is 61.3. The minimum atomic E-state index is -5.39. The fourth-order valence-electron chi connectivity index (χ4n) is 2.14. The molecule has 1 aromatic rings. The van der Waals surface area contributed by atoms with Gasteiger partial charge in [-0.2, -0.15) is 21.6 Å². The van der Waals surface area contributed by atoms with E-state index in [-0.39, 0.29) is 5.69 Å². The van der Waals surface area contributed by atoms with E-state index in [0.29, 0.717) is 5.56 Å². The molecule has 0 saturated carbocycles. The normalized spacial score (nSPS) is 16.6. The van der Waals surface area contributed by atoms with Crippen molar-refractivity contribution in [1.29, 1.82) is 0 Å². The fourth-order valence-corrected chi connectivity index (χ4v) is 2.72. The Labute approximate surface area is 115 Å². The Morgan fingerprint density at radius 1 is 1.10 bits per heavy atom. The number of hydrogen-bond donors (Lipinski definition) is 1. The maximum atomic E-state index is 12.4. The highest BCUT2D eigenvalue weighted by molar-refractivity contribution is 7.93. The van der Waals surface area contributed by atoms with Gasteiger partial charge in [-0.05, 0) is 37.3 Å². The fraction of sp³-hybridized carbons (Fsp3) is 0.385. The van der Waals surface area contributed by atoms with Gasteiger partial charge in [-0.3, -0.25) is 4.72 Å². The first-order chi connectivity index (χ1) is 9.31. The molecule has 0 spiro atoms. The van der Waals surface area contributed by atoms with E-state index in [2.05, 4.69) is 0 Å². The van der Waals surface area contributed by atoms with Crippen molar-refractivity contribution in [2.75, 3.05) is 4.72 Å². The van der Waals surface area contributed by atoms with Crippen molar-refractivity contribution in [1.82, 2.24) is 0 Å². The van der Waals surface area contributed by atoms with Crippen molar-refractivity contribution < 1.29 is 21.6 Å². The van der Waals surface area contributed by atoms with Crippen molar-refractivity contribution >= 4 is 21.3 Å². The molecule has 7 heteroatoms. The molecule has 2 rings (SSSR count). The average molecular weight is 305 g/mol. The second-order valence-electron chi connectivity index (χ2n) is 4.57. The predicted octanol–water partition coefficient (Wildman–Crippen LogP) is 3.91. The maximum absolute atomic E-state index is 12.4. The molecule has 1 aliphatic rings. The van der Waals surface area contributed by atoms with Crippen LogP contribution in [-0.2, 0) is 10.0 Å². The lowest BCUT2D eigenvalue weighted by molar-refractivity contribution is -0.0429. The standard InChI is InChI=1S/C13H14F3NO2S/c14-13(15,16)20(18,19)17-12-9-5-4-8-11(12)10-6-2-1-3-7-10/h4-6,8-9,17H,1-3,7H2. The maximum Gasteiger partial charge on any atom is 0.516 e. The zero-order valence-electron chi connectivity index (χ0n) is 10.6. The summed E-state index contributed by atoms with van der Waals surface area (Å²) in [6.45, 7) is 0. The summed E-state index contributed by atoms with van der Waals surface area (Å²) in [4.78, 5) is 0. The summed E-state index contributed by atoms with van der Waals surface area (Å²) in [5, 5.41) is 0. The number of para-hydroxylation sites is 1. The number of nitrogens with one attached hydrogen (secondary N) is 1. The molecule has 20 heavy (non-hydrogen) atoms. The number of anilines is 1. The molecule has 3 nitrogen and oxygen atoms in total.